The van der Waals surface area contributed by atoms with Gasteiger partial charge in [-0.2, -0.15) is 0 Å². The molecule has 156 valence electrons. The lowest BCUT2D eigenvalue weighted by Crippen LogP contribution is -2.54. The van der Waals surface area contributed by atoms with Crippen LogP contribution in [-0.2, 0) is 9.63 Å². The first-order chi connectivity index (χ1) is 13.4. The van der Waals surface area contributed by atoms with E-state index in [1.54, 1.807) is 0 Å². The van der Waals surface area contributed by atoms with Gasteiger partial charge in [-0.05, 0) is 94.0 Å². The fourth-order valence-corrected chi connectivity index (χ4v) is 7.35. The van der Waals surface area contributed by atoms with E-state index in [0.29, 0.717) is 35.6 Å². The van der Waals surface area contributed by atoms with Crippen molar-refractivity contribution in [2.45, 2.75) is 71.6 Å². The molecule has 0 spiro atoms. The molecule has 1 N–H and O–H groups in total. The molecule has 0 aromatic heterocycles. The molecule has 6 atom stereocenters. The number of nitrogens with zero attached hydrogens (tertiary/aromatic N) is 1. The number of carbonyl (C=O) groups is 1. The van der Waals surface area contributed by atoms with Gasteiger partial charge >= 0.3 is 0 Å². The Labute approximate surface area is 170 Å². The first-order valence-corrected chi connectivity index (χ1v) is 11.4. The van der Waals surface area contributed by atoms with Crippen molar-refractivity contribution in [1.82, 2.24) is 5.32 Å². The number of carbonyl (C=O) groups excluding carboxylic acids is 1. The number of hydrogen-bond donors (Lipinski definition) is 1. The van der Waals surface area contributed by atoms with Crippen molar-refractivity contribution < 1.29 is 9.63 Å². The molecule has 4 aliphatic carbocycles. The van der Waals surface area contributed by atoms with Crippen molar-refractivity contribution >= 4 is 11.5 Å². The van der Waals surface area contributed by atoms with E-state index in [-0.39, 0.29) is 5.41 Å². The molecule has 0 heterocycles. The van der Waals surface area contributed by atoms with Gasteiger partial charge in [0.2, 0.25) is 0 Å². The minimum Gasteiger partial charge on any atom is -0.396 e. The standard InChI is InChI=1S/C24H38N2O2/c1-16-14-18-19-6-7-22(27)24(19,3)11-9-20(18)23(2)10-8-17(15-21(16)23)26-28-13-5-12-25-4/h18-21,25H,1,5-15H2,2-4H3/t18-,19-,20+,21?,23+,24-/m0/s1. The summed E-state index contributed by atoms with van der Waals surface area (Å²) in [5.74, 6) is 3.05. The molecule has 0 radical (unpaired) electrons. The highest BCUT2D eigenvalue weighted by Gasteiger charge is 2.60. The van der Waals surface area contributed by atoms with Crippen LogP contribution < -0.4 is 5.32 Å². The Balaban J connectivity index is 1.48. The van der Waals surface area contributed by atoms with E-state index in [1.165, 1.54) is 24.1 Å². The van der Waals surface area contributed by atoms with Gasteiger partial charge in [-0.1, -0.05) is 31.2 Å². The molecular weight excluding hydrogens is 348 g/mol. The maximum absolute atomic E-state index is 12.6. The molecule has 4 aliphatic rings. The molecule has 4 nitrogen and oxygen atoms in total. The lowest BCUT2D eigenvalue weighted by atomic mass is 9.44. The molecule has 28 heavy (non-hydrogen) atoms. The van der Waals surface area contributed by atoms with Gasteiger partial charge in [0, 0.05) is 11.8 Å². The second-order valence-electron chi connectivity index (χ2n) is 10.4. The van der Waals surface area contributed by atoms with Gasteiger partial charge in [0.1, 0.15) is 12.4 Å². The predicted molar refractivity (Wildman–Crippen MR) is 113 cm³/mol. The molecule has 4 saturated carbocycles. The van der Waals surface area contributed by atoms with E-state index in [0.717, 1.165) is 57.4 Å². The van der Waals surface area contributed by atoms with Crippen LogP contribution in [0.2, 0.25) is 0 Å². The molecule has 0 aromatic rings. The molecule has 0 aromatic carbocycles. The van der Waals surface area contributed by atoms with Crippen molar-refractivity contribution in [1.29, 1.82) is 0 Å². The minimum absolute atomic E-state index is 0.0485. The zero-order valence-corrected chi connectivity index (χ0v) is 18.1. The summed E-state index contributed by atoms with van der Waals surface area (Å²) in [6.07, 6.45) is 9.60. The highest BCUT2D eigenvalue weighted by molar-refractivity contribution is 5.87. The number of nitrogens with one attached hydrogen (secondary N) is 1. The van der Waals surface area contributed by atoms with Crippen LogP contribution in [0.3, 0.4) is 0 Å². The maximum atomic E-state index is 12.6. The van der Waals surface area contributed by atoms with Crippen molar-refractivity contribution in [3.8, 4) is 0 Å². The molecule has 1 unspecified atom stereocenters. The van der Waals surface area contributed by atoms with Crippen LogP contribution in [0.5, 0.6) is 0 Å². The second-order valence-corrected chi connectivity index (χ2v) is 10.4. The van der Waals surface area contributed by atoms with E-state index in [9.17, 15) is 4.79 Å². The lowest BCUT2D eigenvalue weighted by molar-refractivity contribution is -0.134. The zero-order chi connectivity index (χ0) is 19.9. The van der Waals surface area contributed by atoms with E-state index in [1.807, 2.05) is 7.05 Å². The van der Waals surface area contributed by atoms with Gasteiger partial charge in [-0.3, -0.25) is 4.79 Å². The van der Waals surface area contributed by atoms with E-state index in [2.05, 4.69) is 30.9 Å². The Hall–Kier alpha value is -1.16. The SMILES string of the molecule is C=C1C[C@@H]2[C@@H](CC[C@]3(C)C(=O)CC[C@@H]23)[C@@]2(C)CCC(=NOCCCNC)CC12. The quantitative estimate of drug-likeness (QED) is 0.421. The Morgan fingerprint density at radius 2 is 2.00 bits per heavy atom. The number of Topliss-reactive ketones (excluding diaryl/α,β-unsaturated/α-hetero) is 1. The number of fused-ring (bicyclic) bond motifs is 5. The maximum Gasteiger partial charge on any atom is 0.139 e. The highest BCUT2D eigenvalue weighted by atomic mass is 16.6. The summed E-state index contributed by atoms with van der Waals surface area (Å²) in [6, 6.07) is 0. The van der Waals surface area contributed by atoms with Crippen LogP contribution >= 0.6 is 0 Å². The van der Waals surface area contributed by atoms with Crippen LogP contribution in [0, 0.1) is 34.5 Å². The average molecular weight is 387 g/mol. The summed E-state index contributed by atoms with van der Waals surface area (Å²) in [5.41, 5.74) is 2.91. The molecule has 0 saturated heterocycles. The first-order valence-electron chi connectivity index (χ1n) is 11.4. The smallest absolute Gasteiger partial charge is 0.139 e. The third-order valence-electron chi connectivity index (χ3n) is 9.03. The highest BCUT2D eigenvalue weighted by Crippen LogP contribution is 2.66. The summed E-state index contributed by atoms with van der Waals surface area (Å²) in [5, 5.41) is 7.63. The van der Waals surface area contributed by atoms with E-state index >= 15 is 0 Å². The largest absolute Gasteiger partial charge is 0.396 e. The molecule has 0 amide bonds. The van der Waals surface area contributed by atoms with Gasteiger partial charge in [-0.15, -0.1) is 0 Å². The molecular formula is C24H38N2O2. The summed E-state index contributed by atoms with van der Waals surface area (Å²) in [7, 11) is 1.96. The Bertz CT molecular complexity index is 672. The van der Waals surface area contributed by atoms with Gasteiger partial charge in [0.25, 0.3) is 0 Å². The van der Waals surface area contributed by atoms with Crippen LogP contribution in [-0.4, -0.2) is 31.7 Å². The Morgan fingerprint density at radius 1 is 1.18 bits per heavy atom. The minimum atomic E-state index is -0.0485. The number of ketones is 1. The van der Waals surface area contributed by atoms with Crippen molar-refractivity contribution in [2.24, 2.45) is 39.7 Å². The molecule has 4 fully saturated rings. The second kappa shape index (κ2) is 7.59. The summed E-state index contributed by atoms with van der Waals surface area (Å²) in [4.78, 5) is 18.2. The van der Waals surface area contributed by atoms with Gasteiger partial charge < -0.3 is 10.2 Å². The fourth-order valence-electron chi connectivity index (χ4n) is 7.35. The topological polar surface area (TPSA) is 50.7 Å². The Morgan fingerprint density at radius 3 is 2.79 bits per heavy atom. The molecule has 0 bridgehead atoms. The number of allylic oxidation sites excluding steroid dienone is 1. The number of rotatable bonds is 5. The van der Waals surface area contributed by atoms with Crippen molar-refractivity contribution in [3.63, 3.8) is 0 Å². The van der Waals surface area contributed by atoms with Gasteiger partial charge in [-0.25, -0.2) is 0 Å². The van der Waals surface area contributed by atoms with Gasteiger partial charge in [0.15, 0.2) is 0 Å². The van der Waals surface area contributed by atoms with Crippen LogP contribution in [0.25, 0.3) is 0 Å². The van der Waals surface area contributed by atoms with Crippen molar-refractivity contribution in [3.05, 3.63) is 12.2 Å². The molecule has 4 rings (SSSR count). The zero-order valence-electron chi connectivity index (χ0n) is 18.1. The average Bonchev–Trinajstić information content (AvgIpc) is 2.98. The Kier molecular flexibility index (Phi) is 5.45. The summed E-state index contributed by atoms with van der Waals surface area (Å²) < 4.78 is 0. The van der Waals surface area contributed by atoms with E-state index in [4.69, 9.17) is 4.84 Å². The van der Waals surface area contributed by atoms with E-state index < -0.39 is 0 Å². The van der Waals surface area contributed by atoms with Gasteiger partial charge in [0.05, 0.1) is 5.71 Å². The number of hydrogen-bond acceptors (Lipinski definition) is 4. The summed E-state index contributed by atoms with van der Waals surface area (Å²) >= 11 is 0. The lowest BCUT2D eigenvalue weighted by Gasteiger charge is -2.60. The number of oxime groups is 1. The van der Waals surface area contributed by atoms with Crippen LogP contribution in [0.15, 0.2) is 17.3 Å². The van der Waals surface area contributed by atoms with Crippen LogP contribution in [0.1, 0.15) is 71.6 Å². The molecule has 0 aliphatic heterocycles. The molecule has 4 heteroatoms. The third-order valence-corrected chi connectivity index (χ3v) is 9.03. The normalized spacial score (nSPS) is 44.2. The monoisotopic (exact) mass is 386 g/mol. The van der Waals surface area contributed by atoms with Crippen molar-refractivity contribution in [2.75, 3.05) is 20.2 Å². The predicted octanol–water partition coefficient (Wildman–Crippen LogP) is 4.75. The fraction of sp³-hybridized carbons (Fsp3) is 0.833. The third kappa shape index (κ3) is 3.16. The van der Waals surface area contributed by atoms with Crippen LogP contribution in [0.4, 0.5) is 0 Å². The first kappa shape index (κ1) is 20.1. The summed E-state index contributed by atoms with van der Waals surface area (Å²) in [6.45, 7) is 11.0.